The smallest absolute Gasteiger partial charge is 0.436 e. The lowest BCUT2D eigenvalue weighted by molar-refractivity contribution is -0.403. The number of halogens is 12. The Bertz CT molecular complexity index is 658. The van der Waals surface area contributed by atoms with Gasteiger partial charge >= 0.3 is 36.3 Å². The van der Waals surface area contributed by atoms with Crippen LogP contribution in [0.3, 0.4) is 0 Å². The summed E-state index contributed by atoms with van der Waals surface area (Å²) in [5.41, 5.74) is -11.9. The van der Waals surface area contributed by atoms with E-state index in [9.17, 15) is 62.6 Å². The average Bonchev–Trinajstić information content (AvgIpc) is 2.54. The maximum absolute atomic E-state index is 13.6. The minimum atomic E-state index is -6.46. The van der Waals surface area contributed by atoms with E-state index in [1.807, 2.05) is 0 Å². The number of rotatable bonds is 4. The molecule has 2 atom stereocenters. The molecule has 1 aliphatic rings. The number of ether oxygens (including phenoxy) is 1. The lowest BCUT2D eigenvalue weighted by Gasteiger charge is -2.48. The van der Waals surface area contributed by atoms with Crippen molar-refractivity contribution in [2.24, 2.45) is 11.8 Å². The molecule has 0 amide bonds. The van der Waals surface area contributed by atoms with E-state index in [-0.39, 0.29) is 0 Å². The number of hydrogen-bond donors (Lipinski definition) is 1. The molecule has 0 aromatic rings. The Balaban J connectivity index is 3.65. The Morgan fingerprint density at radius 1 is 0.806 bits per heavy atom. The highest BCUT2D eigenvalue weighted by atomic mass is 19.4. The van der Waals surface area contributed by atoms with Crippen molar-refractivity contribution in [3.05, 3.63) is 12.2 Å². The van der Waals surface area contributed by atoms with Gasteiger partial charge in [0.15, 0.2) is 0 Å². The molecule has 0 bridgehead atoms. The highest BCUT2D eigenvalue weighted by Gasteiger charge is 2.80. The van der Waals surface area contributed by atoms with Crippen LogP contribution in [0, 0.1) is 11.8 Å². The largest absolute Gasteiger partial charge is 0.437 e. The summed E-state index contributed by atoms with van der Waals surface area (Å²) in [5.74, 6) is -8.40. The van der Waals surface area contributed by atoms with E-state index in [0.717, 1.165) is 0 Å². The second-order valence-corrected chi connectivity index (χ2v) is 7.22. The van der Waals surface area contributed by atoms with Gasteiger partial charge in [-0.1, -0.05) is 13.0 Å². The maximum Gasteiger partial charge on any atom is 0.437 e. The van der Waals surface area contributed by atoms with Gasteiger partial charge in [0.05, 0.1) is 0 Å². The molecule has 1 rings (SSSR count). The quantitative estimate of drug-likeness (QED) is 0.320. The first-order chi connectivity index (χ1) is 13.5. The third kappa shape index (κ3) is 4.60. The molecule has 15 heteroatoms. The molecule has 1 aliphatic carbocycles. The van der Waals surface area contributed by atoms with Crippen molar-refractivity contribution in [1.82, 2.24) is 0 Å². The summed E-state index contributed by atoms with van der Waals surface area (Å²) in [6.07, 6.45) is -31.2. The molecule has 1 N–H and O–H groups in total. The van der Waals surface area contributed by atoms with Crippen molar-refractivity contribution in [1.29, 1.82) is 0 Å². The molecule has 0 aromatic carbocycles. The number of esters is 1. The summed E-state index contributed by atoms with van der Waals surface area (Å²) in [7, 11) is 0. The third-order valence-corrected chi connectivity index (χ3v) is 5.15. The second-order valence-electron chi connectivity index (χ2n) is 7.22. The van der Waals surface area contributed by atoms with Crippen molar-refractivity contribution in [3.8, 4) is 0 Å². The van der Waals surface area contributed by atoms with Crippen LogP contribution in [0.5, 0.6) is 0 Å². The number of aliphatic hydroxyl groups is 1. The third-order valence-electron chi connectivity index (χ3n) is 5.15. The van der Waals surface area contributed by atoms with Crippen LogP contribution in [0.15, 0.2) is 12.2 Å². The molecule has 182 valence electrons. The Kier molecular flexibility index (Phi) is 7.09. The average molecular weight is 484 g/mol. The molecule has 0 aliphatic heterocycles. The highest BCUT2D eigenvalue weighted by Crippen LogP contribution is 2.59. The molecule has 0 saturated heterocycles. The number of carbonyl (C=O) groups excluding carboxylic acids is 1. The second kappa shape index (κ2) is 8.03. The van der Waals surface area contributed by atoms with Gasteiger partial charge < -0.3 is 9.84 Å². The van der Waals surface area contributed by atoms with Crippen LogP contribution in [0.2, 0.25) is 0 Å². The summed E-state index contributed by atoms with van der Waals surface area (Å²) in [5, 5.41) is 9.43. The first kappa shape index (κ1) is 27.4. The van der Waals surface area contributed by atoms with Gasteiger partial charge in [0.1, 0.15) is 0 Å². The van der Waals surface area contributed by atoms with Crippen molar-refractivity contribution in [3.63, 3.8) is 0 Å². The summed E-state index contributed by atoms with van der Waals surface area (Å²) in [4.78, 5) is 11.6. The van der Waals surface area contributed by atoms with Crippen LogP contribution in [-0.4, -0.2) is 47.0 Å². The van der Waals surface area contributed by atoms with Gasteiger partial charge in [0, 0.05) is 17.4 Å². The van der Waals surface area contributed by atoms with Gasteiger partial charge in [-0.15, -0.1) is 0 Å². The summed E-state index contributed by atoms with van der Waals surface area (Å²) in [6.45, 7) is 3.51. The fraction of sp³-hybridized carbons (Fsp3) is 0.812. The summed E-state index contributed by atoms with van der Waals surface area (Å²) < 4.78 is 164. The van der Waals surface area contributed by atoms with Crippen LogP contribution in [0.25, 0.3) is 0 Å². The first-order valence-corrected chi connectivity index (χ1v) is 8.42. The summed E-state index contributed by atoms with van der Waals surface area (Å²) in [6, 6.07) is 0. The molecule has 0 spiro atoms. The standard InChI is InChI=1S/C16H16F12O3/c1-7(2)10(29)31-12(15(23,24)25,16(26,27)28)9-5-3-4-8(6-9)11(30,13(17,18)19)14(20,21)22/h8-9,30H,1,3-6H2,2H3. The Morgan fingerprint density at radius 2 is 1.19 bits per heavy atom. The number of alkyl halides is 12. The monoisotopic (exact) mass is 484 g/mol. The van der Waals surface area contributed by atoms with Crippen LogP contribution >= 0.6 is 0 Å². The van der Waals surface area contributed by atoms with E-state index in [0.29, 0.717) is 6.92 Å². The summed E-state index contributed by atoms with van der Waals surface area (Å²) >= 11 is 0. The molecule has 31 heavy (non-hydrogen) atoms. The maximum atomic E-state index is 13.6. The number of hydrogen-bond acceptors (Lipinski definition) is 3. The van der Waals surface area contributed by atoms with Gasteiger partial charge in [-0.05, 0) is 26.2 Å². The van der Waals surface area contributed by atoms with Crippen LogP contribution < -0.4 is 0 Å². The van der Waals surface area contributed by atoms with E-state index < -0.39 is 85.0 Å². The molecule has 0 aromatic heterocycles. The van der Waals surface area contributed by atoms with E-state index >= 15 is 0 Å². The van der Waals surface area contributed by atoms with E-state index in [2.05, 4.69) is 11.3 Å². The van der Waals surface area contributed by atoms with Crippen LogP contribution in [-0.2, 0) is 9.53 Å². The van der Waals surface area contributed by atoms with Crippen molar-refractivity contribution < 1.29 is 67.3 Å². The van der Waals surface area contributed by atoms with Gasteiger partial charge in [0.25, 0.3) is 5.60 Å². The molecule has 0 radical (unpaired) electrons. The molecule has 1 saturated carbocycles. The van der Waals surface area contributed by atoms with E-state index in [1.165, 1.54) is 0 Å². The SMILES string of the molecule is C=C(C)C(=O)OC(C1CCCC(C(O)(C(F)(F)F)C(F)(F)F)C1)(C(F)(F)F)C(F)(F)F. The lowest BCUT2D eigenvalue weighted by Crippen LogP contribution is -2.67. The molecule has 1 fully saturated rings. The Morgan fingerprint density at radius 3 is 1.52 bits per heavy atom. The molecule has 0 heterocycles. The van der Waals surface area contributed by atoms with Crippen LogP contribution in [0.4, 0.5) is 52.7 Å². The molecular weight excluding hydrogens is 468 g/mol. The highest BCUT2D eigenvalue weighted by molar-refractivity contribution is 5.87. The van der Waals surface area contributed by atoms with Crippen molar-refractivity contribution >= 4 is 5.97 Å². The molecule has 3 nitrogen and oxygen atoms in total. The minimum absolute atomic E-state index is 0.690. The Labute approximate surface area is 167 Å². The zero-order chi connectivity index (χ0) is 24.8. The fourth-order valence-corrected chi connectivity index (χ4v) is 3.62. The minimum Gasteiger partial charge on any atom is -0.436 e. The van der Waals surface area contributed by atoms with Gasteiger partial charge in [-0.2, -0.15) is 52.7 Å². The zero-order valence-corrected chi connectivity index (χ0v) is 15.5. The molecule has 2 unspecified atom stereocenters. The normalized spacial score (nSPS) is 22.3. The first-order valence-electron chi connectivity index (χ1n) is 8.42. The van der Waals surface area contributed by atoms with Gasteiger partial charge in [-0.25, -0.2) is 4.79 Å². The predicted octanol–water partition coefficient (Wildman–Crippen LogP) is 5.63. The molecular formula is C16H16F12O3. The van der Waals surface area contributed by atoms with Crippen molar-refractivity contribution in [2.45, 2.75) is 68.5 Å². The van der Waals surface area contributed by atoms with E-state index in [4.69, 9.17) is 0 Å². The Hall–Kier alpha value is -1.67. The predicted molar refractivity (Wildman–Crippen MR) is 78.3 cm³/mol. The fourth-order valence-electron chi connectivity index (χ4n) is 3.62. The number of carbonyl (C=O) groups is 1. The topological polar surface area (TPSA) is 46.5 Å². The van der Waals surface area contributed by atoms with E-state index in [1.54, 1.807) is 0 Å². The van der Waals surface area contributed by atoms with Gasteiger partial charge in [0.2, 0.25) is 0 Å². The zero-order valence-electron chi connectivity index (χ0n) is 15.5. The van der Waals surface area contributed by atoms with Crippen molar-refractivity contribution in [2.75, 3.05) is 0 Å². The van der Waals surface area contributed by atoms with Gasteiger partial charge in [-0.3, -0.25) is 0 Å². The lowest BCUT2D eigenvalue weighted by atomic mass is 9.66. The van der Waals surface area contributed by atoms with Crippen LogP contribution in [0.1, 0.15) is 32.6 Å².